The molecule has 0 unspecified atom stereocenters. The molecule has 18 heavy (non-hydrogen) atoms. The predicted molar refractivity (Wildman–Crippen MR) is 72.3 cm³/mol. The van der Waals surface area contributed by atoms with E-state index in [2.05, 4.69) is 15.3 Å². The Bertz CT molecular complexity index is 369. The average Bonchev–Trinajstić information content (AvgIpc) is 2.38. The van der Waals surface area contributed by atoms with Crippen LogP contribution >= 0.6 is 0 Å². The summed E-state index contributed by atoms with van der Waals surface area (Å²) in [6.45, 7) is 8.21. The van der Waals surface area contributed by atoms with Gasteiger partial charge >= 0.3 is 0 Å². The molecule has 0 saturated heterocycles. The first-order valence-corrected chi connectivity index (χ1v) is 6.46. The van der Waals surface area contributed by atoms with E-state index >= 15 is 0 Å². The van der Waals surface area contributed by atoms with Gasteiger partial charge < -0.3 is 14.8 Å². The Labute approximate surface area is 109 Å². The second-order valence-corrected chi connectivity index (χ2v) is 4.00. The first-order valence-electron chi connectivity index (χ1n) is 6.46. The Kier molecular flexibility index (Phi) is 6.43. The van der Waals surface area contributed by atoms with Gasteiger partial charge in [-0.3, -0.25) is 0 Å². The molecule has 0 aliphatic rings. The number of methoxy groups -OCH3 is 1. The lowest BCUT2D eigenvalue weighted by atomic mass is 10.3. The molecular weight excluding hydrogens is 230 g/mol. The fourth-order valence-electron chi connectivity index (χ4n) is 1.55. The molecule has 1 N–H and O–H groups in total. The fraction of sp³-hybridized carbons (Fsp3) is 0.692. The summed E-state index contributed by atoms with van der Waals surface area (Å²) in [5.41, 5.74) is 0.964. The van der Waals surface area contributed by atoms with Crippen molar-refractivity contribution in [1.82, 2.24) is 9.97 Å². The molecule has 1 aromatic rings. The third-order valence-electron chi connectivity index (χ3n) is 2.54. The zero-order valence-corrected chi connectivity index (χ0v) is 11.7. The molecule has 1 rings (SSSR count). The molecule has 0 fully saturated rings. The fourth-order valence-corrected chi connectivity index (χ4v) is 1.55. The van der Waals surface area contributed by atoms with Crippen LogP contribution in [0.2, 0.25) is 0 Å². The number of nitrogens with zero attached hydrogens (tertiary/aromatic N) is 2. The molecule has 0 aromatic carbocycles. The van der Waals surface area contributed by atoms with E-state index in [9.17, 15) is 0 Å². The van der Waals surface area contributed by atoms with Gasteiger partial charge in [-0.05, 0) is 13.8 Å². The molecule has 1 aromatic heterocycles. The molecule has 0 aliphatic carbocycles. The minimum Gasteiger partial charge on any atom is -0.477 e. The zero-order chi connectivity index (χ0) is 13.4. The Hall–Kier alpha value is -1.36. The number of aryl methyl sites for hydroxylation is 1. The molecule has 0 saturated carbocycles. The van der Waals surface area contributed by atoms with Crippen LogP contribution in [-0.4, -0.2) is 36.8 Å². The summed E-state index contributed by atoms with van der Waals surface area (Å²) >= 11 is 0. The van der Waals surface area contributed by atoms with Gasteiger partial charge in [0.25, 0.3) is 0 Å². The molecule has 0 aliphatic heterocycles. The maximum absolute atomic E-state index is 5.70. The van der Waals surface area contributed by atoms with Gasteiger partial charge in [0.2, 0.25) is 5.88 Å². The molecule has 0 spiro atoms. The van der Waals surface area contributed by atoms with Crippen LogP contribution in [-0.2, 0) is 11.2 Å². The summed E-state index contributed by atoms with van der Waals surface area (Å²) in [6, 6.07) is 0. The predicted octanol–water partition coefficient (Wildman–Crippen LogP) is 2.19. The highest BCUT2D eigenvalue weighted by Crippen LogP contribution is 2.22. The second-order valence-electron chi connectivity index (χ2n) is 4.00. The number of hydrogen-bond acceptors (Lipinski definition) is 5. The van der Waals surface area contributed by atoms with E-state index in [1.807, 2.05) is 20.8 Å². The quantitative estimate of drug-likeness (QED) is 0.720. The van der Waals surface area contributed by atoms with Gasteiger partial charge in [0, 0.05) is 33.1 Å². The van der Waals surface area contributed by atoms with Gasteiger partial charge in [-0.1, -0.05) is 6.92 Å². The van der Waals surface area contributed by atoms with E-state index in [0.29, 0.717) is 19.1 Å². The maximum Gasteiger partial charge on any atom is 0.221 e. The van der Waals surface area contributed by atoms with Crippen LogP contribution in [0.1, 0.15) is 31.7 Å². The smallest absolute Gasteiger partial charge is 0.221 e. The Morgan fingerprint density at radius 2 is 1.94 bits per heavy atom. The molecule has 102 valence electrons. The Morgan fingerprint density at radius 1 is 1.17 bits per heavy atom. The lowest BCUT2D eigenvalue weighted by Gasteiger charge is -2.13. The summed E-state index contributed by atoms with van der Waals surface area (Å²) in [7, 11) is 1.69. The van der Waals surface area contributed by atoms with Gasteiger partial charge in [0.15, 0.2) is 0 Å². The van der Waals surface area contributed by atoms with Crippen molar-refractivity contribution in [1.29, 1.82) is 0 Å². The zero-order valence-electron chi connectivity index (χ0n) is 11.7. The number of ether oxygens (including phenoxy) is 2. The van der Waals surface area contributed by atoms with Crippen molar-refractivity contribution in [3.05, 3.63) is 11.4 Å². The molecule has 1 heterocycles. The monoisotopic (exact) mass is 253 g/mol. The third-order valence-corrected chi connectivity index (χ3v) is 2.54. The SMILES string of the molecule is CCNc1nc(CC)nc(OCCCOC)c1C. The van der Waals surface area contributed by atoms with Crippen molar-refractivity contribution in [2.45, 2.75) is 33.6 Å². The minimum absolute atomic E-state index is 0.612. The van der Waals surface area contributed by atoms with Gasteiger partial charge in [-0.15, -0.1) is 0 Å². The summed E-state index contributed by atoms with van der Waals surface area (Å²) in [6.07, 6.45) is 1.66. The first-order chi connectivity index (χ1) is 8.72. The number of nitrogens with one attached hydrogen (secondary N) is 1. The molecule has 0 bridgehead atoms. The van der Waals surface area contributed by atoms with Gasteiger partial charge in [-0.25, -0.2) is 4.98 Å². The van der Waals surface area contributed by atoms with E-state index in [4.69, 9.17) is 9.47 Å². The van der Waals surface area contributed by atoms with Gasteiger partial charge in [0.1, 0.15) is 11.6 Å². The molecule has 5 heteroatoms. The van der Waals surface area contributed by atoms with Crippen molar-refractivity contribution < 1.29 is 9.47 Å². The highest BCUT2D eigenvalue weighted by Gasteiger charge is 2.10. The van der Waals surface area contributed by atoms with E-state index < -0.39 is 0 Å². The van der Waals surface area contributed by atoms with Crippen LogP contribution in [0, 0.1) is 6.92 Å². The largest absolute Gasteiger partial charge is 0.477 e. The van der Waals surface area contributed by atoms with Crippen molar-refractivity contribution in [2.24, 2.45) is 0 Å². The molecule has 5 nitrogen and oxygen atoms in total. The standard InChI is InChI=1S/C13H23N3O2/c1-5-11-15-12(14-6-2)10(3)13(16-11)18-9-7-8-17-4/h5-9H2,1-4H3,(H,14,15,16). The van der Waals surface area contributed by atoms with Crippen molar-refractivity contribution >= 4 is 5.82 Å². The van der Waals surface area contributed by atoms with E-state index in [1.165, 1.54) is 0 Å². The number of aromatic nitrogens is 2. The number of anilines is 1. The van der Waals surface area contributed by atoms with Crippen LogP contribution in [0.15, 0.2) is 0 Å². The van der Waals surface area contributed by atoms with E-state index in [0.717, 1.165) is 36.6 Å². The summed E-state index contributed by atoms with van der Waals surface area (Å²) < 4.78 is 10.7. The number of rotatable bonds is 8. The summed E-state index contributed by atoms with van der Waals surface area (Å²) in [5, 5.41) is 3.24. The van der Waals surface area contributed by atoms with Crippen molar-refractivity contribution in [2.75, 3.05) is 32.2 Å². The van der Waals surface area contributed by atoms with Crippen LogP contribution in [0.3, 0.4) is 0 Å². The van der Waals surface area contributed by atoms with Crippen molar-refractivity contribution in [3.8, 4) is 5.88 Å². The average molecular weight is 253 g/mol. The summed E-state index contributed by atoms with van der Waals surface area (Å²) in [4.78, 5) is 8.88. The highest BCUT2D eigenvalue weighted by molar-refractivity contribution is 5.48. The van der Waals surface area contributed by atoms with Crippen molar-refractivity contribution in [3.63, 3.8) is 0 Å². The normalized spacial score (nSPS) is 10.4. The summed E-state index contributed by atoms with van der Waals surface area (Å²) in [5.74, 6) is 2.35. The van der Waals surface area contributed by atoms with Crippen LogP contribution in [0.5, 0.6) is 5.88 Å². The van der Waals surface area contributed by atoms with Crippen LogP contribution in [0.4, 0.5) is 5.82 Å². The highest BCUT2D eigenvalue weighted by atomic mass is 16.5. The van der Waals surface area contributed by atoms with Crippen LogP contribution in [0.25, 0.3) is 0 Å². The minimum atomic E-state index is 0.612. The molecular formula is C13H23N3O2. The molecule has 0 atom stereocenters. The first kappa shape index (κ1) is 14.7. The van der Waals surface area contributed by atoms with Gasteiger partial charge in [-0.2, -0.15) is 4.98 Å². The lowest BCUT2D eigenvalue weighted by molar-refractivity contribution is 0.170. The van der Waals surface area contributed by atoms with Gasteiger partial charge in [0.05, 0.1) is 12.2 Å². The molecule has 0 amide bonds. The molecule has 0 radical (unpaired) electrons. The lowest BCUT2D eigenvalue weighted by Crippen LogP contribution is -2.10. The Balaban J connectivity index is 2.77. The second kappa shape index (κ2) is 7.87. The number of hydrogen-bond donors (Lipinski definition) is 1. The van der Waals surface area contributed by atoms with Crippen LogP contribution < -0.4 is 10.1 Å². The Morgan fingerprint density at radius 3 is 2.56 bits per heavy atom. The maximum atomic E-state index is 5.70. The topological polar surface area (TPSA) is 56.3 Å². The third kappa shape index (κ3) is 4.14. The van der Waals surface area contributed by atoms with E-state index in [-0.39, 0.29) is 0 Å². The van der Waals surface area contributed by atoms with E-state index in [1.54, 1.807) is 7.11 Å².